The number of Topliss-reactive ketones (excluding diaryl/α,β-unsaturated/α-hetero) is 1. The predicted molar refractivity (Wildman–Crippen MR) is 45.7 cm³/mol. The molecule has 0 atom stereocenters. The summed E-state index contributed by atoms with van der Waals surface area (Å²) in [6, 6.07) is 1.38. The second-order valence-corrected chi connectivity index (χ2v) is 3.49. The van der Waals surface area contributed by atoms with Gasteiger partial charge in [-0.3, -0.25) is 9.48 Å². The Hall–Kier alpha value is -0.850. The molecule has 14 heavy (non-hydrogen) atoms. The standard InChI is InChI=1S/C7H6BrF3N2O/c1-13-4(3-6(8)12-13)2-5(14)7(9,10)11/h3H,2H2,1H3. The summed E-state index contributed by atoms with van der Waals surface area (Å²) in [7, 11) is 1.48. The molecule has 0 aliphatic heterocycles. The lowest BCUT2D eigenvalue weighted by atomic mass is 10.2. The van der Waals surface area contributed by atoms with E-state index in [1.54, 1.807) is 0 Å². The molecule has 78 valence electrons. The molecule has 1 aromatic heterocycles. The molecule has 0 fully saturated rings. The van der Waals surface area contributed by atoms with E-state index in [2.05, 4.69) is 21.0 Å². The lowest BCUT2D eigenvalue weighted by Gasteiger charge is -2.04. The monoisotopic (exact) mass is 270 g/mol. The van der Waals surface area contributed by atoms with Gasteiger partial charge in [0.2, 0.25) is 5.78 Å². The highest BCUT2D eigenvalue weighted by molar-refractivity contribution is 9.10. The van der Waals surface area contributed by atoms with E-state index in [0.29, 0.717) is 4.60 Å². The van der Waals surface area contributed by atoms with Gasteiger partial charge in [0.1, 0.15) is 4.60 Å². The zero-order valence-corrected chi connectivity index (χ0v) is 8.68. The largest absolute Gasteiger partial charge is 0.450 e. The molecular formula is C7H6BrF3N2O. The highest BCUT2D eigenvalue weighted by Gasteiger charge is 2.38. The first-order valence-corrected chi connectivity index (χ1v) is 4.38. The van der Waals surface area contributed by atoms with Crippen molar-refractivity contribution in [3.05, 3.63) is 16.4 Å². The third-order valence-electron chi connectivity index (χ3n) is 1.60. The van der Waals surface area contributed by atoms with E-state index < -0.39 is 18.4 Å². The molecular weight excluding hydrogens is 265 g/mol. The van der Waals surface area contributed by atoms with Gasteiger partial charge in [-0.05, 0) is 22.0 Å². The van der Waals surface area contributed by atoms with Gasteiger partial charge in [0.05, 0.1) is 6.42 Å². The average molecular weight is 271 g/mol. The number of ketones is 1. The predicted octanol–water partition coefficient (Wildman–Crippen LogP) is 1.86. The molecule has 0 unspecified atom stereocenters. The first-order valence-electron chi connectivity index (χ1n) is 3.59. The van der Waals surface area contributed by atoms with E-state index in [-0.39, 0.29) is 5.69 Å². The molecule has 1 heterocycles. The molecule has 7 heteroatoms. The number of hydrogen-bond donors (Lipinski definition) is 0. The van der Waals surface area contributed by atoms with E-state index in [9.17, 15) is 18.0 Å². The Labute approximate surface area is 86.0 Å². The summed E-state index contributed by atoms with van der Waals surface area (Å²) in [4.78, 5) is 10.6. The first-order chi connectivity index (χ1) is 6.30. The van der Waals surface area contributed by atoms with Crippen molar-refractivity contribution in [2.75, 3.05) is 0 Å². The number of carbonyl (C=O) groups is 1. The van der Waals surface area contributed by atoms with Crippen LogP contribution < -0.4 is 0 Å². The number of nitrogens with zero attached hydrogens (tertiary/aromatic N) is 2. The smallest absolute Gasteiger partial charge is 0.289 e. The second-order valence-electron chi connectivity index (χ2n) is 2.68. The summed E-state index contributed by atoms with van der Waals surface area (Å²) in [6.45, 7) is 0. The van der Waals surface area contributed by atoms with Crippen LogP contribution in [-0.2, 0) is 18.3 Å². The quantitative estimate of drug-likeness (QED) is 0.822. The Balaban J connectivity index is 2.80. The van der Waals surface area contributed by atoms with E-state index in [1.807, 2.05) is 0 Å². The molecule has 0 amide bonds. The molecule has 1 aromatic rings. The van der Waals surface area contributed by atoms with Crippen molar-refractivity contribution in [1.29, 1.82) is 0 Å². The highest BCUT2D eigenvalue weighted by atomic mass is 79.9. The second kappa shape index (κ2) is 3.72. The SMILES string of the molecule is Cn1nc(Br)cc1CC(=O)C(F)(F)F. The summed E-state index contributed by atoms with van der Waals surface area (Å²) in [5.74, 6) is -1.77. The number of alkyl halides is 3. The van der Waals surface area contributed by atoms with Crippen LogP contribution in [0, 0.1) is 0 Å². The minimum Gasteiger partial charge on any atom is -0.289 e. The van der Waals surface area contributed by atoms with Crippen molar-refractivity contribution in [3.63, 3.8) is 0 Å². The Kier molecular flexibility index (Phi) is 2.98. The van der Waals surface area contributed by atoms with Crippen LogP contribution in [-0.4, -0.2) is 21.7 Å². The van der Waals surface area contributed by atoms with E-state index >= 15 is 0 Å². The van der Waals surface area contributed by atoms with E-state index in [4.69, 9.17) is 0 Å². The van der Waals surface area contributed by atoms with Crippen molar-refractivity contribution in [2.45, 2.75) is 12.6 Å². The molecule has 0 aliphatic rings. The highest BCUT2D eigenvalue weighted by Crippen LogP contribution is 2.19. The lowest BCUT2D eigenvalue weighted by Crippen LogP contribution is -2.25. The Morgan fingerprint density at radius 1 is 1.64 bits per heavy atom. The number of aryl methyl sites for hydroxylation is 1. The maximum Gasteiger partial charge on any atom is 0.450 e. The van der Waals surface area contributed by atoms with E-state index in [0.717, 1.165) is 0 Å². The first kappa shape index (κ1) is 11.2. The molecule has 0 N–H and O–H groups in total. The van der Waals surface area contributed by atoms with Crippen LogP contribution in [0.25, 0.3) is 0 Å². The molecule has 1 rings (SSSR count). The zero-order valence-electron chi connectivity index (χ0n) is 7.10. The maximum absolute atomic E-state index is 11.9. The lowest BCUT2D eigenvalue weighted by molar-refractivity contribution is -0.170. The van der Waals surface area contributed by atoms with Crippen molar-refractivity contribution in [1.82, 2.24) is 9.78 Å². The number of carbonyl (C=O) groups excluding carboxylic acids is 1. The fourth-order valence-corrected chi connectivity index (χ4v) is 1.40. The van der Waals surface area contributed by atoms with Crippen LogP contribution in [0.1, 0.15) is 5.69 Å². The van der Waals surface area contributed by atoms with Gasteiger partial charge in [-0.25, -0.2) is 0 Å². The summed E-state index contributed by atoms with van der Waals surface area (Å²) < 4.78 is 37.3. The maximum atomic E-state index is 11.9. The Morgan fingerprint density at radius 3 is 2.57 bits per heavy atom. The Morgan fingerprint density at radius 2 is 2.21 bits per heavy atom. The summed E-state index contributed by atoms with van der Waals surface area (Å²) in [5, 5.41) is 3.76. The average Bonchev–Trinajstić information content (AvgIpc) is 2.28. The Bertz CT molecular complexity index is 358. The topological polar surface area (TPSA) is 34.9 Å². The van der Waals surface area contributed by atoms with Gasteiger partial charge < -0.3 is 0 Å². The van der Waals surface area contributed by atoms with Gasteiger partial charge in [0, 0.05) is 12.7 Å². The number of halogens is 4. The van der Waals surface area contributed by atoms with Gasteiger partial charge >= 0.3 is 6.18 Å². The van der Waals surface area contributed by atoms with Crippen LogP contribution in [0.15, 0.2) is 10.7 Å². The number of aromatic nitrogens is 2. The van der Waals surface area contributed by atoms with Gasteiger partial charge in [-0.15, -0.1) is 0 Å². The third kappa shape index (κ3) is 2.57. The van der Waals surface area contributed by atoms with Gasteiger partial charge in [-0.2, -0.15) is 18.3 Å². The van der Waals surface area contributed by atoms with Gasteiger partial charge in [-0.1, -0.05) is 0 Å². The third-order valence-corrected chi connectivity index (χ3v) is 1.99. The molecule has 0 radical (unpaired) electrons. The van der Waals surface area contributed by atoms with Crippen molar-refractivity contribution < 1.29 is 18.0 Å². The fraction of sp³-hybridized carbons (Fsp3) is 0.429. The molecule has 0 aliphatic carbocycles. The normalized spacial score (nSPS) is 11.8. The van der Waals surface area contributed by atoms with Crippen molar-refractivity contribution in [2.24, 2.45) is 7.05 Å². The molecule has 0 spiro atoms. The molecule has 0 saturated carbocycles. The zero-order chi connectivity index (χ0) is 10.9. The minimum absolute atomic E-state index is 0.221. The molecule has 0 aromatic carbocycles. The van der Waals surface area contributed by atoms with Crippen LogP contribution >= 0.6 is 15.9 Å². The van der Waals surface area contributed by atoms with E-state index in [1.165, 1.54) is 17.8 Å². The van der Waals surface area contributed by atoms with Crippen LogP contribution in [0.5, 0.6) is 0 Å². The van der Waals surface area contributed by atoms with Crippen molar-refractivity contribution >= 4 is 21.7 Å². The summed E-state index contributed by atoms with van der Waals surface area (Å²) >= 11 is 3.00. The molecule has 0 bridgehead atoms. The summed E-state index contributed by atoms with van der Waals surface area (Å²) in [6.07, 6.45) is -5.46. The van der Waals surface area contributed by atoms with Gasteiger partial charge in [0.15, 0.2) is 0 Å². The number of rotatable bonds is 2. The minimum atomic E-state index is -4.78. The molecule has 3 nitrogen and oxygen atoms in total. The van der Waals surface area contributed by atoms with Crippen LogP contribution in [0.2, 0.25) is 0 Å². The van der Waals surface area contributed by atoms with Crippen LogP contribution in [0.3, 0.4) is 0 Å². The number of hydrogen-bond acceptors (Lipinski definition) is 2. The summed E-state index contributed by atoms with van der Waals surface area (Å²) in [5.41, 5.74) is 0.221. The van der Waals surface area contributed by atoms with Crippen molar-refractivity contribution in [3.8, 4) is 0 Å². The molecule has 0 saturated heterocycles. The van der Waals surface area contributed by atoms with Gasteiger partial charge in [0.25, 0.3) is 0 Å². The fourth-order valence-electron chi connectivity index (χ4n) is 0.897. The van der Waals surface area contributed by atoms with Crippen LogP contribution in [0.4, 0.5) is 13.2 Å².